The Hall–Kier alpha value is -2.86. The van der Waals surface area contributed by atoms with Crippen LogP contribution in [-0.2, 0) is 4.79 Å². The number of amides is 1. The molecule has 0 radical (unpaired) electrons. The number of fused-ring (bicyclic) bond motifs is 1. The van der Waals surface area contributed by atoms with Crippen LogP contribution >= 0.6 is 0 Å². The normalized spacial score (nSPS) is 19.5. The fourth-order valence-electron chi connectivity index (χ4n) is 6.34. The minimum Gasteiger partial charge on any atom is -0.368 e. The zero-order valence-corrected chi connectivity index (χ0v) is 20.5. The lowest BCUT2D eigenvalue weighted by Crippen LogP contribution is -2.48. The first kappa shape index (κ1) is 23.9. The second-order valence-electron chi connectivity index (χ2n) is 10.2. The highest BCUT2D eigenvalue weighted by molar-refractivity contribution is 5.92. The second kappa shape index (κ2) is 11.3. The van der Waals surface area contributed by atoms with Gasteiger partial charge in [0.25, 0.3) is 0 Å². The van der Waals surface area contributed by atoms with Crippen molar-refractivity contribution in [2.24, 2.45) is 5.92 Å². The molecule has 1 saturated heterocycles. The number of hydrogen-bond donors (Lipinski definition) is 2. The molecule has 6 heteroatoms. The van der Waals surface area contributed by atoms with Gasteiger partial charge in [-0.2, -0.15) is 0 Å². The minimum atomic E-state index is -0.157. The molecule has 1 amide bonds. The van der Waals surface area contributed by atoms with Crippen molar-refractivity contribution >= 4 is 23.0 Å². The number of anilines is 1. The van der Waals surface area contributed by atoms with E-state index in [0.29, 0.717) is 5.92 Å². The van der Waals surface area contributed by atoms with Crippen LogP contribution in [0, 0.1) is 11.7 Å². The van der Waals surface area contributed by atoms with Gasteiger partial charge < -0.3 is 15.2 Å². The van der Waals surface area contributed by atoms with E-state index in [1.54, 1.807) is 12.1 Å². The molecule has 0 spiro atoms. The molecular weight excluding hydrogens is 439 g/mol. The van der Waals surface area contributed by atoms with Gasteiger partial charge in [0.2, 0.25) is 6.41 Å². The van der Waals surface area contributed by atoms with Crippen LogP contribution in [0.25, 0.3) is 10.9 Å². The molecule has 2 heterocycles. The first-order valence-corrected chi connectivity index (χ1v) is 13.2. The highest BCUT2D eigenvalue weighted by atomic mass is 19.1. The second-order valence-corrected chi connectivity index (χ2v) is 10.2. The molecule has 2 aromatic carbocycles. The van der Waals surface area contributed by atoms with E-state index >= 15 is 0 Å². The van der Waals surface area contributed by atoms with Crippen LogP contribution in [0.2, 0.25) is 0 Å². The van der Waals surface area contributed by atoms with E-state index in [9.17, 15) is 9.18 Å². The summed E-state index contributed by atoms with van der Waals surface area (Å²) in [4.78, 5) is 19.9. The molecule has 1 aromatic heterocycles. The molecule has 0 bridgehead atoms. The third-order valence-electron chi connectivity index (χ3n) is 8.20. The molecule has 2 atom stereocenters. The van der Waals surface area contributed by atoms with Crippen LogP contribution in [0.5, 0.6) is 0 Å². The number of benzene rings is 2. The summed E-state index contributed by atoms with van der Waals surface area (Å²) in [6.07, 6.45) is 9.55. The Balaban J connectivity index is 1.27. The third-order valence-corrected chi connectivity index (χ3v) is 8.20. The number of piperazine rings is 1. The average molecular weight is 477 g/mol. The van der Waals surface area contributed by atoms with E-state index in [4.69, 9.17) is 0 Å². The number of halogens is 1. The molecule has 2 N–H and O–H groups in total. The molecule has 5 nitrogen and oxygen atoms in total. The number of nitrogens with one attached hydrogen (secondary N) is 2. The maximum atomic E-state index is 15.0. The van der Waals surface area contributed by atoms with Gasteiger partial charge >= 0.3 is 0 Å². The summed E-state index contributed by atoms with van der Waals surface area (Å²) in [5.74, 6) is 0.240. The molecular formula is C29H37FN4O. The van der Waals surface area contributed by atoms with Gasteiger partial charge in [0.1, 0.15) is 5.82 Å². The van der Waals surface area contributed by atoms with Gasteiger partial charge in [0.15, 0.2) is 0 Å². The van der Waals surface area contributed by atoms with Crippen LogP contribution < -0.4 is 10.2 Å². The summed E-state index contributed by atoms with van der Waals surface area (Å²) in [6.45, 7) is 4.84. The van der Waals surface area contributed by atoms with E-state index in [2.05, 4.69) is 44.4 Å². The van der Waals surface area contributed by atoms with Crippen molar-refractivity contribution < 1.29 is 9.18 Å². The number of aromatic amines is 1. The fourth-order valence-corrected chi connectivity index (χ4v) is 6.34. The topological polar surface area (TPSA) is 51.4 Å². The maximum absolute atomic E-state index is 15.0. The van der Waals surface area contributed by atoms with Crippen molar-refractivity contribution in [1.29, 1.82) is 0 Å². The van der Waals surface area contributed by atoms with Gasteiger partial charge in [-0.05, 0) is 61.6 Å². The van der Waals surface area contributed by atoms with Crippen molar-refractivity contribution in [3.05, 3.63) is 66.1 Å². The van der Waals surface area contributed by atoms with Crippen LogP contribution in [0.4, 0.5) is 10.1 Å². The molecule has 2 aliphatic rings. The van der Waals surface area contributed by atoms with Crippen molar-refractivity contribution in [1.82, 2.24) is 15.2 Å². The zero-order chi connectivity index (χ0) is 24.0. The lowest BCUT2D eigenvalue weighted by atomic mass is 9.75. The first-order valence-electron chi connectivity index (χ1n) is 13.2. The van der Waals surface area contributed by atoms with Crippen molar-refractivity contribution in [3.63, 3.8) is 0 Å². The van der Waals surface area contributed by atoms with Crippen molar-refractivity contribution in [2.75, 3.05) is 37.6 Å². The van der Waals surface area contributed by atoms with Crippen LogP contribution in [0.15, 0.2) is 54.7 Å². The summed E-state index contributed by atoms with van der Waals surface area (Å²) in [5, 5.41) is 4.41. The molecule has 5 rings (SSSR count). The Morgan fingerprint density at radius 1 is 1.00 bits per heavy atom. The predicted molar refractivity (Wildman–Crippen MR) is 140 cm³/mol. The summed E-state index contributed by atoms with van der Waals surface area (Å²) >= 11 is 0. The predicted octanol–water partition coefficient (Wildman–Crippen LogP) is 5.30. The van der Waals surface area contributed by atoms with Gasteiger partial charge in [-0.25, -0.2) is 4.39 Å². The third kappa shape index (κ3) is 5.37. The quantitative estimate of drug-likeness (QED) is 0.412. The number of carbonyl (C=O) groups excluding carboxylic acids is 1. The molecule has 3 aromatic rings. The molecule has 1 aliphatic heterocycles. The van der Waals surface area contributed by atoms with E-state index < -0.39 is 0 Å². The van der Waals surface area contributed by atoms with Crippen LogP contribution in [0.1, 0.15) is 50.0 Å². The number of hydrogen-bond acceptors (Lipinski definition) is 3. The molecule has 2 fully saturated rings. The maximum Gasteiger partial charge on any atom is 0.207 e. The number of H-pyrrole nitrogens is 1. The van der Waals surface area contributed by atoms with E-state index in [-0.39, 0.29) is 17.8 Å². The first-order chi connectivity index (χ1) is 17.2. The van der Waals surface area contributed by atoms with E-state index in [1.807, 2.05) is 18.3 Å². The number of aromatic nitrogens is 1. The summed E-state index contributed by atoms with van der Waals surface area (Å²) in [7, 11) is 0. The molecule has 35 heavy (non-hydrogen) atoms. The largest absolute Gasteiger partial charge is 0.368 e. The van der Waals surface area contributed by atoms with Crippen LogP contribution in [0.3, 0.4) is 0 Å². The SMILES string of the molecule is O=CNC(C1CCCCC1)C(CCN1CCN(c2cccc3[nH]ccc23)CC1)c1ccccc1F. The van der Waals surface area contributed by atoms with Gasteiger partial charge in [0, 0.05) is 60.9 Å². The van der Waals surface area contributed by atoms with Crippen molar-refractivity contribution in [3.8, 4) is 0 Å². The van der Waals surface area contributed by atoms with Gasteiger partial charge in [-0.3, -0.25) is 9.69 Å². The summed E-state index contributed by atoms with van der Waals surface area (Å²) < 4.78 is 15.0. The molecule has 1 aliphatic carbocycles. The van der Waals surface area contributed by atoms with Gasteiger partial charge in [0.05, 0.1) is 0 Å². The number of carbonyl (C=O) groups is 1. The Kier molecular flexibility index (Phi) is 7.67. The fraction of sp³-hybridized carbons (Fsp3) is 0.483. The van der Waals surface area contributed by atoms with E-state index in [0.717, 1.165) is 64.0 Å². The van der Waals surface area contributed by atoms with Gasteiger partial charge in [-0.15, -0.1) is 0 Å². The lowest BCUT2D eigenvalue weighted by molar-refractivity contribution is -0.110. The Labute approximate surface area is 207 Å². The molecule has 1 saturated carbocycles. The summed E-state index contributed by atoms with van der Waals surface area (Å²) in [5.41, 5.74) is 3.21. The lowest BCUT2D eigenvalue weighted by Gasteiger charge is -2.39. The van der Waals surface area contributed by atoms with Crippen molar-refractivity contribution in [2.45, 2.75) is 50.5 Å². The zero-order valence-electron chi connectivity index (χ0n) is 20.5. The Bertz CT molecular complexity index is 1100. The highest BCUT2D eigenvalue weighted by Crippen LogP contribution is 2.36. The molecule has 2 unspecified atom stereocenters. The number of nitrogens with zero attached hydrogens (tertiary/aromatic N) is 2. The highest BCUT2D eigenvalue weighted by Gasteiger charge is 2.33. The Morgan fingerprint density at radius 2 is 1.80 bits per heavy atom. The Morgan fingerprint density at radius 3 is 2.57 bits per heavy atom. The average Bonchev–Trinajstić information content (AvgIpc) is 3.39. The number of rotatable bonds is 9. The monoisotopic (exact) mass is 476 g/mol. The smallest absolute Gasteiger partial charge is 0.207 e. The van der Waals surface area contributed by atoms with E-state index in [1.165, 1.54) is 35.9 Å². The van der Waals surface area contributed by atoms with Crippen LogP contribution in [-0.4, -0.2) is 55.1 Å². The standard InChI is InChI=1S/C29H37FN4O/c30-26-10-5-4-9-23(26)24(29(32-21-35)22-7-2-1-3-8-22)14-16-33-17-19-34(20-18-33)28-12-6-11-27-25(28)13-15-31-27/h4-6,9-13,15,21-22,24,29,31H,1-3,7-8,14,16-20H2,(H,32,35). The van der Waals surface area contributed by atoms with Gasteiger partial charge in [-0.1, -0.05) is 43.5 Å². The minimum absolute atomic E-state index is 0.0165. The summed E-state index contributed by atoms with van der Waals surface area (Å²) in [6, 6.07) is 15.7. The molecule has 186 valence electrons.